The second kappa shape index (κ2) is 15.5. The Balaban J connectivity index is 1.29. The van der Waals surface area contributed by atoms with E-state index in [2.05, 4.69) is 0 Å². The van der Waals surface area contributed by atoms with Crippen molar-refractivity contribution < 1.29 is 32.5 Å². The van der Waals surface area contributed by atoms with Gasteiger partial charge in [0.25, 0.3) is 10.0 Å². The van der Waals surface area contributed by atoms with Gasteiger partial charge >= 0.3 is 0 Å². The third-order valence-electron chi connectivity index (χ3n) is 8.89. The number of benzene rings is 5. The lowest BCUT2D eigenvalue weighted by Gasteiger charge is -2.44. The molecule has 1 aliphatic rings. The quantitative estimate of drug-likeness (QED) is 0.139. The van der Waals surface area contributed by atoms with Gasteiger partial charge in [-0.15, -0.1) is 0 Å². The Labute approximate surface area is 292 Å². The first-order chi connectivity index (χ1) is 24.5. The molecule has 1 saturated heterocycles. The smallest absolute Gasteiger partial charge is 0.268 e. The molecule has 0 saturated carbocycles. The number of hydrogen-bond acceptors (Lipinski definition) is 7. The highest BCUT2D eigenvalue weighted by atomic mass is 32.2. The number of hydrogen-bond donors (Lipinski definition) is 1. The van der Waals surface area contributed by atoms with Crippen molar-refractivity contribution in [2.24, 2.45) is 0 Å². The molecule has 0 bridgehead atoms. The van der Waals surface area contributed by atoms with Crippen LogP contribution in [-0.4, -0.2) is 48.5 Å². The third kappa shape index (κ3) is 7.44. The van der Waals surface area contributed by atoms with Crippen molar-refractivity contribution in [1.29, 1.82) is 0 Å². The molecule has 6 aromatic rings. The number of aliphatic hydroxyl groups excluding tert-OH is 1. The van der Waals surface area contributed by atoms with E-state index in [4.69, 9.17) is 18.9 Å². The fourth-order valence-electron chi connectivity index (χ4n) is 6.41. The van der Waals surface area contributed by atoms with Crippen molar-refractivity contribution in [2.75, 3.05) is 6.61 Å². The van der Waals surface area contributed by atoms with Gasteiger partial charge in [-0.05, 0) is 41.0 Å². The number of rotatable bonds is 13. The number of ether oxygens (including phenoxy) is 4. The van der Waals surface area contributed by atoms with E-state index in [0.29, 0.717) is 17.5 Å². The van der Waals surface area contributed by atoms with Crippen LogP contribution in [0.25, 0.3) is 10.9 Å². The van der Waals surface area contributed by atoms with Crippen molar-refractivity contribution in [1.82, 2.24) is 3.97 Å². The van der Waals surface area contributed by atoms with Crippen LogP contribution < -0.4 is 0 Å². The van der Waals surface area contributed by atoms with Crippen LogP contribution in [0.4, 0.5) is 0 Å². The number of aromatic nitrogens is 1. The topological polar surface area (TPSA) is 96.2 Å². The fraction of sp³-hybridized carbons (Fsp3) is 0.220. The molecule has 1 aliphatic heterocycles. The van der Waals surface area contributed by atoms with Gasteiger partial charge in [0.05, 0.1) is 42.5 Å². The van der Waals surface area contributed by atoms with Gasteiger partial charge in [-0.1, -0.05) is 127 Å². The minimum Gasteiger partial charge on any atom is -0.387 e. The van der Waals surface area contributed by atoms with Crippen LogP contribution in [0.5, 0.6) is 0 Å². The van der Waals surface area contributed by atoms with Crippen LogP contribution in [-0.2, 0) is 48.8 Å². The first-order valence-electron chi connectivity index (χ1n) is 16.7. The van der Waals surface area contributed by atoms with Crippen molar-refractivity contribution in [3.05, 3.63) is 174 Å². The molecule has 1 aromatic heterocycles. The number of aliphatic hydroxyl groups is 1. The van der Waals surface area contributed by atoms with Crippen LogP contribution in [0.2, 0.25) is 0 Å². The lowest BCUT2D eigenvalue weighted by Crippen LogP contribution is -2.57. The maximum atomic E-state index is 14.4. The molecule has 1 fully saturated rings. The second-order valence-corrected chi connectivity index (χ2v) is 14.1. The summed E-state index contributed by atoms with van der Waals surface area (Å²) < 4.78 is 56.1. The molecule has 5 atom stereocenters. The molecule has 0 radical (unpaired) electrons. The molecule has 9 heteroatoms. The molecule has 0 aliphatic carbocycles. The number of para-hydroxylation sites is 1. The summed E-state index contributed by atoms with van der Waals surface area (Å²) in [5, 5.41) is 12.9. The minimum atomic E-state index is -4.11. The van der Waals surface area contributed by atoms with Gasteiger partial charge in [0.2, 0.25) is 0 Å². The molecule has 2 heterocycles. The Bertz CT molecular complexity index is 2070. The molecule has 5 aromatic carbocycles. The summed E-state index contributed by atoms with van der Waals surface area (Å²) in [6, 6.07) is 46.6. The van der Waals surface area contributed by atoms with Gasteiger partial charge in [0.15, 0.2) is 0 Å². The van der Waals surface area contributed by atoms with Crippen molar-refractivity contribution in [3.8, 4) is 0 Å². The standard InChI is InChI=1S/C41H39NO7S/c43-38-39(36-25-33-21-13-14-24-35(33)42(36)50(44,45)34-22-11-4-12-23-34)49-37(29-46-26-30-15-5-1-6-16-30)40(47-27-31-17-7-2-8-18-31)41(38)48-28-32-19-9-3-10-20-32/h1-25,37-41,43H,26-29H2/t37-,38-,39-,40-,41-/m1/s1. The van der Waals surface area contributed by atoms with Crippen LogP contribution in [0.1, 0.15) is 28.5 Å². The first kappa shape index (κ1) is 33.9. The van der Waals surface area contributed by atoms with Gasteiger partial charge in [-0.3, -0.25) is 0 Å². The molecule has 50 heavy (non-hydrogen) atoms. The molecule has 1 N–H and O–H groups in total. The maximum Gasteiger partial charge on any atom is 0.268 e. The predicted molar refractivity (Wildman–Crippen MR) is 191 cm³/mol. The number of nitrogens with zero attached hydrogens (tertiary/aromatic N) is 1. The van der Waals surface area contributed by atoms with Gasteiger partial charge in [0, 0.05) is 5.39 Å². The molecule has 7 rings (SSSR count). The molecule has 256 valence electrons. The molecule has 0 amide bonds. The van der Waals surface area contributed by atoms with Crippen LogP contribution >= 0.6 is 0 Å². The number of fused-ring (bicyclic) bond motifs is 1. The summed E-state index contributed by atoms with van der Waals surface area (Å²) in [4.78, 5) is 0.122. The second-order valence-electron chi connectivity index (χ2n) is 12.3. The highest BCUT2D eigenvalue weighted by Crippen LogP contribution is 2.40. The molecular formula is C41H39NO7S. The van der Waals surface area contributed by atoms with Gasteiger partial charge < -0.3 is 24.1 Å². The fourth-order valence-corrected chi connectivity index (χ4v) is 7.99. The zero-order valence-electron chi connectivity index (χ0n) is 27.4. The summed E-state index contributed by atoms with van der Waals surface area (Å²) in [6.45, 7) is 0.880. The summed E-state index contributed by atoms with van der Waals surface area (Å²) in [5.41, 5.74) is 3.62. The van der Waals surface area contributed by atoms with Gasteiger partial charge in [0.1, 0.15) is 30.5 Å². The third-order valence-corrected chi connectivity index (χ3v) is 10.6. The van der Waals surface area contributed by atoms with Crippen LogP contribution in [0.3, 0.4) is 0 Å². The van der Waals surface area contributed by atoms with E-state index >= 15 is 0 Å². The van der Waals surface area contributed by atoms with Crippen molar-refractivity contribution in [2.45, 2.75) is 55.2 Å². The van der Waals surface area contributed by atoms with Gasteiger partial charge in [-0.25, -0.2) is 12.4 Å². The molecular weight excluding hydrogens is 651 g/mol. The predicted octanol–water partition coefficient (Wildman–Crippen LogP) is 7.07. The summed E-state index contributed by atoms with van der Waals surface area (Å²) in [6.07, 6.45) is -4.82. The van der Waals surface area contributed by atoms with Crippen molar-refractivity contribution >= 4 is 20.9 Å². The van der Waals surface area contributed by atoms with E-state index in [9.17, 15) is 13.5 Å². The largest absolute Gasteiger partial charge is 0.387 e. The van der Waals surface area contributed by atoms with E-state index in [0.717, 1.165) is 16.7 Å². The minimum absolute atomic E-state index is 0.106. The molecule has 8 nitrogen and oxygen atoms in total. The summed E-state index contributed by atoms with van der Waals surface area (Å²) >= 11 is 0. The SMILES string of the molecule is O=S(=O)(c1ccccc1)n1c([C@H]2O[C@H](COCc3ccccc3)[C@@H](OCc3ccccc3)[C@H](OCc3ccccc3)[C@@H]2O)cc2ccccc21. The Hall–Kier alpha value is -4.61. The van der Waals surface area contributed by atoms with E-state index < -0.39 is 40.5 Å². The average molecular weight is 690 g/mol. The normalized spacial score (nSPS) is 20.9. The first-order valence-corrected chi connectivity index (χ1v) is 18.1. The van der Waals surface area contributed by atoms with Crippen LogP contribution in [0.15, 0.2) is 157 Å². The lowest BCUT2D eigenvalue weighted by molar-refractivity contribution is -0.264. The average Bonchev–Trinajstić information content (AvgIpc) is 3.56. The lowest BCUT2D eigenvalue weighted by atomic mass is 9.92. The Morgan fingerprint density at radius 1 is 0.620 bits per heavy atom. The highest BCUT2D eigenvalue weighted by Gasteiger charge is 2.49. The maximum absolute atomic E-state index is 14.4. The summed E-state index contributed by atoms with van der Waals surface area (Å²) in [5.74, 6) is 0. The van der Waals surface area contributed by atoms with E-state index in [1.165, 1.54) is 3.97 Å². The molecule has 0 spiro atoms. The molecule has 0 unspecified atom stereocenters. The highest BCUT2D eigenvalue weighted by molar-refractivity contribution is 7.90. The van der Waals surface area contributed by atoms with E-state index in [-0.39, 0.29) is 30.4 Å². The zero-order valence-corrected chi connectivity index (χ0v) is 28.2. The van der Waals surface area contributed by atoms with E-state index in [1.807, 2.05) is 103 Å². The van der Waals surface area contributed by atoms with Crippen molar-refractivity contribution in [3.63, 3.8) is 0 Å². The monoisotopic (exact) mass is 689 g/mol. The Morgan fingerprint density at radius 3 is 1.72 bits per heavy atom. The summed E-state index contributed by atoms with van der Waals surface area (Å²) in [7, 11) is -4.11. The Kier molecular flexibility index (Phi) is 10.5. The van der Waals surface area contributed by atoms with Crippen LogP contribution in [0, 0.1) is 0 Å². The van der Waals surface area contributed by atoms with Gasteiger partial charge in [-0.2, -0.15) is 0 Å². The van der Waals surface area contributed by atoms with E-state index in [1.54, 1.807) is 48.5 Å². The Morgan fingerprint density at radius 2 is 1.12 bits per heavy atom. The zero-order chi connectivity index (χ0) is 34.3.